The highest BCUT2D eigenvalue weighted by Crippen LogP contribution is 2.24. The van der Waals surface area contributed by atoms with Gasteiger partial charge in [-0.3, -0.25) is 4.90 Å². The van der Waals surface area contributed by atoms with Gasteiger partial charge in [-0.1, -0.05) is 29.3 Å². The summed E-state index contributed by atoms with van der Waals surface area (Å²) in [6, 6.07) is 6.43. The highest BCUT2D eigenvalue weighted by Gasteiger charge is 2.10. The molecule has 1 heterocycles. The van der Waals surface area contributed by atoms with Gasteiger partial charge < -0.3 is 10.5 Å². The molecule has 118 valence electrons. The van der Waals surface area contributed by atoms with Crippen LogP contribution in [0.15, 0.2) is 22.7 Å². The first-order chi connectivity index (χ1) is 10.2. The minimum Gasteiger partial charge on any atom is -0.492 e. The number of halogens is 1. The van der Waals surface area contributed by atoms with Gasteiger partial charge in [0.1, 0.15) is 12.4 Å². The van der Waals surface area contributed by atoms with E-state index in [1.54, 1.807) is 0 Å². The standard InChI is InChI=1S/C17H27BrN2O/c1-2-15(19)12-14-13-16(6-7-17(14)18)21-11-10-20-8-4-3-5-9-20/h6-7,13,15H,2-5,8-12,19H2,1H3. The number of nitrogens with two attached hydrogens (primary N) is 1. The number of rotatable bonds is 7. The van der Waals surface area contributed by atoms with Crippen molar-refractivity contribution >= 4 is 15.9 Å². The fourth-order valence-corrected chi connectivity index (χ4v) is 3.11. The Morgan fingerprint density at radius 3 is 2.76 bits per heavy atom. The Morgan fingerprint density at radius 2 is 2.05 bits per heavy atom. The van der Waals surface area contributed by atoms with E-state index in [4.69, 9.17) is 10.5 Å². The Morgan fingerprint density at radius 1 is 1.29 bits per heavy atom. The van der Waals surface area contributed by atoms with E-state index in [1.807, 2.05) is 6.07 Å². The van der Waals surface area contributed by atoms with E-state index in [9.17, 15) is 0 Å². The van der Waals surface area contributed by atoms with E-state index in [0.29, 0.717) is 0 Å². The van der Waals surface area contributed by atoms with Crippen LogP contribution in [0.25, 0.3) is 0 Å². The van der Waals surface area contributed by atoms with E-state index in [-0.39, 0.29) is 6.04 Å². The summed E-state index contributed by atoms with van der Waals surface area (Å²) in [4.78, 5) is 2.50. The average Bonchev–Trinajstić information content (AvgIpc) is 2.51. The summed E-state index contributed by atoms with van der Waals surface area (Å²) >= 11 is 3.60. The molecule has 4 heteroatoms. The third kappa shape index (κ3) is 5.61. The molecule has 0 radical (unpaired) electrons. The fraction of sp³-hybridized carbons (Fsp3) is 0.647. The second-order valence-corrected chi connectivity index (χ2v) is 6.73. The molecule has 2 rings (SSSR count). The molecule has 1 atom stereocenters. The number of hydrogen-bond acceptors (Lipinski definition) is 3. The lowest BCUT2D eigenvalue weighted by molar-refractivity contribution is 0.183. The second kappa shape index (κ2) is 8.76. The van der Waals surface area contributed by atoms with Crippen molar-refractivity contribution in [1.29, 1.82) is 0 Å². The van der Waals surface area contributed by atoms with Gasteiger partial charge in [0, 0.05) is 17.1 Å². The van der Waals surface area contributed by atoms with Gasteiger partial charge >= 0.3 is 0 Å². The maximum atomic E-state index is 6.05. The van der Waals surface area contributed by atoms with Crippen molar-refractivity contribution in [2.45, 2.75) is 45.1 Å². The summed E-state index contributed by atoms with van der Waals surface area (Å²) in [7, 11) is 0. The molecule has 0 bridgehead atoms. The molecule has 0 amide bonds. The molecule has 0 saturated carbocycles. The van der Waals surface area contributed by atoms with Crippen LogP contribution >= 0.6 is 15.9 Å². The van der Waals surface area contributed by atoms with Gasteiger partial charge in [0.05, 0.1) is 0 Å². The number of hydrogen-bond donors (Lipinski definition) is 1. The first-order valence-corrected chi connectivity index (χ1v) is 8.87. The Hall–Kier alpha value is -0.580. The Labute approximate surface area is 137 Å². The van der Waals surface area contributed by atoms with Crippen molar-refractivity contribution in [3.63, 3.8) is 0 Å². The number of benzene rings is 1. The molecule has 1 unspecified atom stereocenters. The highest BCUT2D eigenvalue weighted by atomic mass is 79.9. The van der Waals surface area contributed by atoms with Crippen LogP contribution in [0.2, 0.25) is 0 Å². The van der Waals surface area contributed by atoms with E-state index in [0.717, 1.165) is 36.2 Å². The largest absolute Gasteiger partial charge is 0.492 e. The SMILES string of the molecule is CCC(N)Cc1cc(OCCN2CCCCC2)ccc1Br. The van der Waals surface area contributed by atoms with Gasteiger partial charge in [0.25, 0.3) is 0 Å². The molecule has 3 nitrogen and oxygen atoms in total. The lowest BCUT2D eigenvalue weighted by Gasteiger charge is -2.26. The molecule has 2 N–H and O–H groups in total. The van der Waals surface area contributed by atoms with Crippen molar-refractivity contribution in [2.75, 3.05) is 26.2 Å². The van der Waals surface area contributed by atoms with Crippen molar-refractivity contribution in [3.05, 3.63) is 28.2 Å². The summed E-state index contributed by atoms with van der Waals surface area (Å²) in [6.07, 6.45) is 5.92. The molecule has 1 aromatic carbocycles. The predicted molar refractivity (Wildman–Crippen MR) is 91.9 cm³/mol. The molecule has 1 fully saturated rings. The molecule has 1 aliphatic rings. The van der Waals surface area contributed by atoms with Gasteiger partial charge in [0.15, 0.2) is 0 Å². The highest BCUT2D eigenvalue weighted by molar-refractivity contribution is 9.10. The summed E-state index contributed by atoms with van der Waals surface area (Å²) < 4.78 is 7.04. The smallest absolute Gasteiger partial charge is 0.119 e. The average molecular weight is 355 g/mol. The van der Waals surface area contributed by atoms with Gasteiger partial charge in [-0.2, -0.15) is 0 Å². The van der Waals surface area contributed by atoms with Crippen molar-refractivity contribution in [1.82, 2.24) is 4.90 Å². The molecule has 0 aliphatic carbocycles. The monoisotopic (exact) mass is 354 g/mol. The Kier molecular flexibility index (Phi) is 7.00. The molecule has 0 aromatic heterocycles. The zero-order chi connectivity index (χ0) is 15.1. The van der Waals surface area contributed by atoms with Crippen molar-refractivity contribution in [3.8, 4) is 5.75 Å². The fourth-order valence-electron chi connectivity index (χ4n) is 2.70. The summed E-state index contributed by atoms with van der Waals surface area (Å²) in [6.45, 7) is 6.36. The zero-order valence-corrected chi connectivity index (χ0v) is 14.6. The minimum atomic E-state index is 0.213. The van der Waals surface area contributed by atoms with E-state index in [1.165, 1.54) is 37.9 Å². The summed E-state index contributed by atoms with van der Waals surface area (Å²) in [5, 5.41) is 0. The van der Waals surface area contributed by atoms with Gasteiger partial charge in [0.2, 0.25) is 0 Å². The van der Waals surface area contributed by atoms with Crippen LogP contribution in [0.3, 0.4) is 0 Å². The Bertz CT molecular complexity index is 433. The summed E-state index contributed by atoms with van der Waals surface area (Å²) in [5.74, 6) is 0.952. The third-order valence-electron chi connectivity index (χ3n) is 4.15. The zero-order valence-electron chi connectivity index (χ0n) is 13.0. The number of ether oxygens (including phenoxy) is 1. The van der Waals surface area contributed by atoms with Crippen LogP contribution in [0.1, 0.15) is 38.2 Å². The van der Waals surface area contributed by atoms with Gasteiger partial charge in [-0.15, -0.1) is 0 Å². The van der Waals surface area contributed by atoms with E-state index >= 15 is 0 Å². The molecule has 0 spiro atoms. The van der Waals surface area contributed by atoms with Crippen LogP contribution in [0.4, 0.5) is 0 Å². The maximum Gasteiger partial charge on any atom is 0.119 e. The molecular formula is C17H27BrN2O. The maximum absolute atomic E-state index is 6.05. The number of nitrogens with zero attached hydrogens (tertiary/aromatic N) is 1. The third-order valence-corrected chi connectivity index (χ3v) is 4.92. The molecular weight excluding hydrogens is 328 g/mol. The minimum absolute atomic E-state index is 0.213. The van der Waals surface area contributed by atoms with Crippen molar-refractivity contribution < 1.29 is 4.74 Å². The first-order valence-electron chi connectivity index (χ1n) is 8.08. The van der Waals surface area contributed by atoms with Crippen LogP contribution in [0, 0.1) is 0 Å². The quantitative estimate of drug-likeness (QED) is 0.812. The lowest BCUT2D eigenvalue weighted by Crippen LogP contribution is -2.33. The topological polar surface area (TPSA) is 38.5 Å². The molecule has 1 aliphatic heterocycles. The number of piperidine rings is 1. The first kappa shape index (κ1) is 16.8. The molecule has 1 aromatic rings. The van der Waals surface area contributed by atoms with Gasteiger partial charge in [-0.25, -0.2) is 0 Å². The molecule has 1 saturated heterocycles. The number of likely N-dealkylation sites (tertiary alicyclic amines) is 1. The van der Waals surface area contributed by atoms with Crippen LogP contribution in [0.5, 0.6) is 5.75 Å². The van der Waals surface area contributed by atoms with Gasteiger partial charge in [-0.05, 0) is 62.5 Å². The van der Waals surface area contributed by atoms with E-state index in [2.05, 4.69) is 39.9 Å². The Balaban J connectivity index is 1.83. The predicted octanol–water partition coefficient (Wildman–Crippen LogP) is 3.59. The van der Waals surface area contributed by atoms with E-state index < -0.39 is 0 Å². The summed E-state index contributed by atoms with van der Waals surface area (Å²) in [5.41, 5.74) is 7.29. The van der Waals surface area contributed by atoms with Crippen molar-refractivity contribution in [2.24, 2.45) is 5.73 Å². The molecule has 21 heavy (non-hydrogen) atoms. The normalized spacial score (nSPS) is 17.7. The van der Waals surface area contributed by atoms with Crippen LogP contribution in [-0.2, 0) is 6.42 Å². The van der Waals surface area contributed by atoms with Crippen LogP contribution < -0.4 is 10.5 Å². The second-order valence-electron chi connectivity index (χ2n) is 5.88. The van der Waals surface area contributed by atoms with Crippen LogP contribution in [-0.4, -0.2) is 37.2 Å². The lowest BCUT2D eigenvalue weighted by atomic mass is 10.0.